The van der Waals surface area contributed by atoms with Gasteiger partial charge in [-0.25, -0.2) is 9.38 Å². The Kier molecular flexibility index (Phi) is 7.82. The van der Waals surface area contributed by atoms with Crippen LogP contribution in [0.15, 0.2) is 23.2 Å². The van der Waals surface area contributed by atoms with Crippen LogP contribution in [0, 0.1) is 11.7 Å². The maximum Gasteiger partial charge on any atom is 0.391 e. The number of guanidine groups is 1. The zero-order valence-corrected chi connectivity index (χ0v) is 15.3. The van der Waals surface area contributed by atoms with E-state index in [9.17, 15) is 26.3 Å². The Morgan fingerprint density at radius 2 is 1.89 bits per heavy atom. The van der Waals surface area contributed by atoms with Crippen molar-refractivity contribution in [1.82, 2.24) is 10.6 Å². The van der Waals surface area contributed by atoms with Gasteiger partial charge in [-0.2, -0.15) is 22.0 Å². The van der Waals surface area contributed by atoms with Crippen molar-refractivity contribution < 1.29 is 31.1 Å². The highest BCUT2D eigenvalue weighted by Gasteiger charge is 2.41. The lowest BCUT2D eigenvalue weighted by atomic mass is 9.85. The summed E-state index contributed by atoms with van der Waals surface area (Å²) in [5.74, 6) is -2.05. The molecule has 0 bridgehead atoms. The largest absolute Gasteiger partial charge is 0.434 e. The van der Waals surface area contributed by atoms with Crippen molar-refractivity contribution >= 4 is 5.96 Å². The van der Waals surface area contributed by atoms with E-state index >= 15 is 0 Å². The molecule has 0 aliphatic heterocycles. The van der Waals surface area contributed by atoms with Crippen molar-refractivity contribution in [3.05, 3.63) is 29.6 Å². The van der Waals surface area contributed by atoms with Crippen molar-refractivity contribution in [1.29, 1.82) is 0 Å². The fourth-order valence-electron chi connectivity index (χ4n) is 3.14. The molecule has 2 rings (SSSR count). The molecule has 158 valence electrons. The van der Waals surface area contributed by atoms with E-state index in [0.717, 1.165) is 6.07 Å². The summed E-state index contributed by atoms with van der Waals surface area (Å²) >= 11 is 0. The second-order valence-corrected chi connectivity index (χ2v) is 6.52. The Morgan fingerprint density at radius 3 is 2.46 bits per heavy atom. The van der Waals surface area contributed by atoms with E-state index in [1.807, 2.05) is 0 Å². The maximum absolute atomic E-state index is 14.0. The fourth-order valence-corrected chi connectivity index (χ4v) is 3.14. The van der Waals surface area contributed by atoms with Gasteiger partial charge in [-0.05, 0) is 44.7 Å². The van der Waals surface area contributed by atoms with E-state index < -0.39 is 24.5 Å². The van der Waals surface area contributed by atoms with Gasteiger partial charge >= 0.3 is 12.8 Å². The summed E-state index contributed by atoms with van der Waals surface area (Å²) in [5, 5.41) is 5.97. The molecule has 4 nitrogen and oxygen atoms in total. The Morgan fingerprint density at radius 1 is 1.21 bits per heavy atom. The van der Waals surface area contributed by atoms with Gasteiger partial charge in [0.25, 0.3) is 0 Å². The number of nitrogens with one attached hydrogen (secondary N) is 2. The highest BCUT2D eigenvalue weighted by Crippen LogP contribution is 2.37. The summed E-state index contributed by atoms with van der Waals surface area (Å²) in [4.78, 5) is 4.18. The molecule has 0 spiro atoms. The van der Waals surface area contributed by atoms with Crippen LogP contribution in [0.5, 0.6) is 5.75 Å². The Labute approximate surface area is 159 Å². The number of nitrogens with zero attached hydrogens (tertiary/aromatic N) is 1. The number of halogens is 6. The minimum Gasteiger partial charge on any atom is -0.434 e. The van der Waals surface area contributed by atoms with Crippen LogP contribution in [-0.4, -0.2) is 31.3 Å². The number of rotatable bonds is 6. The molecule has 0 amide bonds. The number of alkyl halides is 5. The average Bonchev–Trinajstić information content (AvgIpc) is 2.60. The molecule has 0 radical (unpaired) electrons. The van der Waals surface area contributed by atoms with Gasteiger partial charge < -0.3 is 15.4 Å². The minimum absolute atomic E-state index is 0.0280. The molecule has 1 aliphatic rings. The lowest BCUT2D eigenvalue weighted by molar-refractivity contribution is -0.182. The van der Waals surface area contributed by atoms with Gasteiger partial charge in [-0.3, -0.25) is 0 Å². The zero-order chi connectivity index (χ0) is 20.7. The number of benzene rings is 1. The van der Waals surface area contributed by atoms with Gasteiger partial charge in [0.2, 0.25) is 0 Å². The second-order valence-electron chi connectivity index (χ2n) is 6.52. The molecule has 0 atom stereocenters. The molecule has 28 heavy (non-hydrogen) atoms. The van der Waals surface area contributed by atoms with Crippen LogP contribution in [0.25, 0.3) is 0 Å². The van der Waals surface area contributed by atoms with Crippen molar-refractivity contribution in [3.63, 3.8) is 0 Å². The number of hydrogen-bond donors (Lipinski definition) is 2. The van der Waals surface area contributed by atoms with E-state index in [1.165, 1.54) is 12.1 Å². The summed E-state index contributed by atoms with van der Waals surface area (Å²) in [6.07, 6.45) is -3.47. The molecule has 2 N–H and O–H groups in total. The SMILES string of the molecule is CCNC(=NCc1c(F)cccc1OC(F)F)NC1CCC(C(F)(F)F)CC1. The third-order valence-corrected chi connectivity index (χ3v) is 4.56. The molecule has 1 aromatic carbocycles. The summed E-state index contributed by atoms with van der Waals surface area (Å²) in [7, 11) is 0. The third kappa shape index (κ3) is 6.49. The number of ether oxygens (including phenoxy) is 1. The first-order chi connectivity index (χ1) is 13.2. The molecular weight excluding hydrogens is 388 g/mol. The van der Waals surface area contributed by atoms with Crippen LogP contribution in [0.3, 0.4) is 0 Å². The number of aliphatic imine (C=N–C) groups is 1. The molecule has 1 aliphatic carbocycles. The first-order valence-corrected chi connectivity index (χ1v) is 9.04. The quantitative estimate of drug-likeness (QED) is 0.409. The van der Waals surface area contributed by atoms with Gasteiger partial charge in [-0.1, -0.05) is 6.07 Å². The Balaban J connectivity index is 2.04. The van der Waals surface area contributed by atoms with E-state index in [-0.39, 0.29) is 42.7 Å². The molecule has 0 aromatic heterocycles. The van der Waals surface area contributed by atoms with Crippen molar-refractivity contribution in [2.24, 2.45) is 10.9 Å². The normalized spacial score (nSPS) is 20.9. The summed E-state index contributed by atoms with van der Waals surface area (Å²) in [6.45, 7) is -1.09. The maximum atomic E-state index is 14.0. The Hall–Kier alpha value is -2.13. The smallest absolute Gasteiger partial charge is 0.391 e. The highest BCUT2D eigenvalue weighted by molar-refractivity contribution is 5.80. The second kappa shape index (κ2) is 9.88. The first kappa shape index (κ1) is 22.2. The third-order valence-electron chi connectivity index (χ3n) is 4.56. The van der Waals surface area contributed by atoms with E-state index in [1.54, 1.807) is 6.92 Å². The van der Waals surface area contributed by atoms with Crippen LogP contribution in [0.4, 0.5) is 26.3 Å². The van der Waals surface area contributed by atoms with Gasteiger partial charge in [-0.15, -0.1) is 0 Å². The highest BCUT2D eigenvalue weighted by atomic mass is 19.4. The average molecular weight is 411 g/mol. The lowest BCUT2D eigenvalue weighted by Crippen LogP contribution is -2.45. The van der Waals surface area contributed by atoms with Crippen molar-refractivity contribution in [2.45, 2.75) is 58.0 Å². The molecule has 1 fully saturated rings. The topological polar surface area (TPSA) is 45.7 Å². The molecule has 0 heterocycles. The van der Waals surface area contributed by atoms with Crippen LogP contribution in [-0.2, 0) is 6.54 Å². The molecular formula is C18H23F6N3O. The van der Waals surface area contributed by atoms with Gasteiger partial charge in [0.05, 0.1) is 18.0 Å². The van der Waals surface area contributed by atoms with Crippen molar-refractivity contribution in [3.8, 4) is 5.75 Å². The van der Waals surface area contributed by atoms with Crippen LogP contribution >= 0.6 is 0 Å². The predicted octanol–water partition coefficient (Wildman–Crippen LogP) is 4.60. The van der Waals surface area contributed by atoms with Gasteiger partial charge in [0.1, 0.15) is 11.6 Å². The van der Waals surface area contributed by atoms with Crippen LogP contribution in [0.1, 0.15) is 38.2 Å². The number of hydrogen-bond acceptors (Lipinski definition) is 2. The lowest BCUT2D eigenvalue weighted by Gasteiger charge is -2.31. The summed E-state index contributed by atoms with van der Waals surface area (Å²) in [5.41, 5.74) is -0.124. The molecule has 10 heteroatoms. The van der Waals surface area contributed by atoms with Crippen LogP contribution < -0.4 is 15.4 Å². The van der Waals surface area contributed by atoms with E-state index in [4.69, 9.17) is 0 Å². The van der Waals surface area contributed by atoms with E-state index in [0.29, 0.717) is 19.4 Å². The fraction of sp³-hybridized carbons (Fsp3) is 0.611. The Bertz CT molecular complexity index is 657. The summed E-state index contributed by atoms with van der Waals surface area (Å²) < 4.78 is 81.6. The first-order valence-electron chi connectivity index (χ1n) is 9.04. The van der Waals surface area contributed by atoms with E-state index in [2.05, 4.69) is 20.4 Å². The standard InChI is InChI=1S/C18H23F6N3O/c1-2-25-17(27-12-8-6-11(7-9-12)18(22,23)24)26-10-13-14(19)4-3-5-15(13)28-16(20)21/h3-5,11-12,16H,2,6-10H2,1H3,(H2,25,26,27). The molecule has 1 aromatic rings. The van der Waals surface area contributed by atoms with Gasteiger partial charge in [0, 0.05) is 12.6 Å². The molecule has 1 saturated carbocycles. The minimum atomic E-state index is -4.19. The molecule has 0 saturated heterocycles. The predicted molar refractivity (Wildman–Crippen MR) is 92.8 cm³/mol. The summed E-state index contributed by atoms with van der Waals surface area (Å²) in [6, 6.07) is 3.39. The molecule has 0 unspecified atom stereocenters. The monoisotopic (exact) mass is 411 g/mol. The van der Waals surface area contributed by atoms with Crippen molar-refractivity contribution in [2.75, 3.05) is 6.54 Å². The van der Waals surface area contributed by atoms with Gasteiger partial charge in [0.15, 0.2) is 5.96 Å². The zero-order valence-electron chi connectivity index (χ0n) is 15.3. The van der Waals surface area contributed by atoms with Crippen LogP contribution in [0.2, 0.25) is 0 Å².